The third-order valence-electron chi connectivity index (χ3n) is 5.44. The maximum Gasteiger partial charge on any atom is 0.226 e. The Kier molecular flexibility index (Phi) is 4.85. The van der Waals surface area contributed by atoms with Crippen LogP contribution >= 0.6 is 0 Å². The molecule has 2 fully saturated rings. The largest absolute Gasteiger partial charge is 0.352 e. The van der Waals surface area contributed by atoms with Crippen molar-refractivity contribution in [1.82, 2.24) is 25.1 Å². The van der Waals surface area contributed by atoms with Gasteiger partial charge in [-0.1, -0.05) is 13.8 Å². The van der Waals surface area contributed by atoms with E-state index in [1.807, 2.05) is 19.3 Å². The topological polar surface area (TPSA) is 78.0 Å². The first-order chi connectivity index (χ1) is 13.0. The molecule has 0 spiro atoms. The number of nitrogens with zero attached hydrogens (tertiary/aromatic N) is 5. The number of aromatic nitrogens is 4. The minimum atomic E-state index is 0.249. The van der Waals surface area contributed by atoms with Gasteiger partial charge in [-0.05, 0) is 32.1 Å². The molecule has 1 unspecified atom stereocenters. The average molecular weight is 368 g/mol. The van der Waals surface area contributed by atoms with Gasteiger partial charge in [0.25, 0.3) is 0 Å². The number of aryl methyl sites for hydroxylation is 1. The number of aromatic amines is 1. The van der Waals surface area contributed by atoms with Crippen LogP contribution in [-0.4, -0.2) is 56.6 Å². The summed E-state index contributed by atoms with van der Waals surface area (Å²) in [4.78, 5) is 26.5. The predicted molar refractivity (Wildman–Crippen MR) is 104 cm³/mol. The third kappa shape index (κ3) is 3.82. The Morgan fingerprint density at radius 2 is 2.11 bits per heavy atom. The van der Waals surface area contributed by atoms with E-state index in [0.717, 1.165) is 55.8 Å². The molecule has 0 bridgehead atoms. The Morgan fingerprint density at radius 1 is 1.30 bits per heavy atom. The highest BCUT2D eigenvalue weighted by Gasteiger charge is 2.39. The first-order valence-corrected chi connectivity index (χ1v) is 9.91. The minimum Gasteiger partial charge on any atom is -0.352 e. The maximum absolute atomic E-state index is 12.7. The molecule has 7 heteroatoms. The molecule has 3 heterocycles. The van der Waals surface area contributed by atoms with Gasteiger partial charge in [-0.3, -0.25) is 9.89 Å². The van der Waals surface area contributed by atoms with Crippen LogP contribution in [0.25, 0.3) is 11.4 Å². The SMILES string of the molecule is Cc1cnc(-c2cn[nH]c2)nc1N1CCN(C(=O)C2CC2)C(CC(C)C)C1. The van der Waals surface area contributed by atoms with E-state index in [0.29, 0.717) is 17.6 Å². The molecule has 0 radical (unpaired) electrons. The van der Waals surface area contributed by atoms with Gasteiger partial charge in [0.15, 0.2) is 5.82 Å². The Morgan fingerprint density at radius 3 is 2.78 bits per heavy atom. The number of carbonyl (C=O) groups excluding carboxylic acids is 1. The van der Waals surface area contributed by atoms with Gasteiger partial charge in [0.1, 0.15) is 5.82 Å². The van der Waals surface area contributed by atoms with E-state index in [1.165, 1.54) is 0 Å². The van der Waals surface area contributed by atoms with Crippen molar-refractivity contribution >= 4 is 11.7 Å². The molecule has 1 N–H and O–H groups in total. The molecule has 2 aliphatic rings. The first-order valence-electron chi connectivity index (χ1n) is 9.91. The fourth-order valence-electron chi connectivity index (χ4n) is 3.91. The molecule has 0 aromatic carbocycles. The molecular formula is C20H28N6O. The van der Waals surface area contributed by atoms with E-state index in [1.54, 1.807) is 6.20 Å². The maximum atomic E-state index is 12.7. The van der Waals surface area contributed by atoms with Gasteiger partial charge in [0, 0.05) is 49.6 Å². The molecule has 144 valence electrons. The summed E-state index contributed by atoms with van der Waals surface area (Å²) in [5, 5.41) is 6.81. The number of hydrogen-bond acceptors (Lipinski definition) is 5. The Labute approximate surface area is 160 Å². The summed E-state index contributed by atoms with van der Waals surface area (Å²) in [5.41, 5.74) is 1.95. The van der Waals surface area contributed by atoms with Crippen molar-refractivity contribution < 1.29 is 4.79 Å². The Bertz CT molecular complexity index is 799. The molecule has 1 saturated heterocycles. The number of amides is 1. The van der Waals surface area contributed by atoms with Crippen LogP contribution in [0.15, 0.2) is 18.6 Å². The smallest absolute Gasteiger partial charge is 0.226 e. The fraction of sp³-hybridized carbons (Fsp3) is 0.600. The van der Waals surface area contributed by atoms with Crippen LogP contribution in [-0.2, 0) is 4.79 Å². The Balaban J connectivity index is 1.57. The lowest BCUT2D eigenvalue weighted by atomic mass is 9.99. The lowest BCUT2D eigenvalue weighted by Crippen LogP contribution is -2.56. The molecule has 27 heavy (non-hydrogen) atoms. The monoisotopic (exact) mass is 368 g/mol. The summed E-state index contributed by atoms with van der Waals surface area (Å²) in [6.07, 6.45) is 8.57. The molecule has 1 aliphatic heterocycles. The summed E-state index contributed by atoms with van der Waals surface area (Å²) in [5.74, 6) is 2.84. The van der Waals surface area contributed by atoms with Gasteiger partial charge in [-0.2, -0.15) is 5.10 Å². The van der Waals surface area contributed by atoms with Crippen molar-refractivity contribution in [3.63, 3.8) is 0 Å². The minimum absolute atomic E-state index is 0.249. The molecule has 2 aromatic rings. The van der Waals surface area contributed by atoms with Crippen molar-refractivity contribution in [1.29, 1.82) is 0 Å². The number of piperazine rings is 1. The normalized spacial score (nSPS) is 20.4. The summed E-state index contributed by atoms with van der Waals surface area (Å²) >= 11 is 0. The summed E-state index contributed by atoms with van der Waals surface area (Å²) in [6.45, 7) is 8.93. The zero-order valence-electron chi connectivity index (χ0n) is 16.4. The van der Waals surface area contributed by atoms with E-state index >= 15 is 0 Å². The zero-order chi connectivity index (χ0) is 19.0. The number of hydrogen-bond donors (Lipinski definition) is 1. The van der Waals surface area contributed by atoms with Crippen LogP contribution in [0.4, 0.5) is 5.82 Å². The average Bonchev–Trinajstić information content (AvgIpc) is 3.35. The highest BCUT2D eigenvalue weighted by atomic mass is 16.2. The van der Waals surface area contributed by atoms with Gasteiger partial charge in [0.2, 0.25) is 5.91 Å². The van der Waals surface area contributed by atoms with Crippen LogP contribution in [0.3, 0.4) is 0 Å². The second kappa shape index (κ2) is 7.29. The zero-order valence-corrected chi connectivity index (χ0v) is 16.4. The van der Waals surface area contributed by atoms with Gasteiger partial charge in [-0.15, -0.1) is 0 Å². The van der Waals surface area contributed by atoms with Gasteiger partial charge >= 0.3 is 0 Å². The van der Waals surface area contributed by atoms with Crippen molar-refractivity contribution in [2.24, 2.45) is 11.8 Å². The molecule has 4 rings (SSSR count). The molecule has 1 saturated carbocycles. The van der Waals surface area contributed by atoms with E-state index in [2.05, 4.69) is 38.8 Å². The first kappa shape index (κ1) is 17.9. The van der Waals surface area contributed by atoms with Crippen LogP contribution in [0.2, 0.25) is 0 Å². The van der Waals surface area contributed by atoms with E-state index < -0.39 is 0 Å². The molecule has 7 nitrogen and oxygen atoms in total. The molecule has 1 atom stereocenters. The number of H-pyrrole nitrogens is 1. The van der Waals surface area contributed by atoms with Crippen LogP contribution in [0.1, 0.15) is 38.7 Å². The van der Waals surface area contributed by atoms with Gasteiger partial charge < -0.3 is 9.80 Å². The second-order valence-corrected chi connectivity index (χ2v) is 8.22. The highest BCUT2D eigenvalue weighted by Crippen LogP contribution is 2.34. The number of anilines is 1. The summed E-state index contributed by atoms with van der Waals surface area (Å²) in [6, 6.07) is 0.249. The van der Waals surface area contributed by atoms with Gasteiger partial charge in [-0.25, -0.2) is 9.97 Å². The summed E-state index contributed by atoms with van der Waals surface area (Å²) < 4.78 is 0. The molecule has 2 aromatic heterocycles. The molecular weight excluding hydrogens is 340 g/mol. The molecule has 1 aliphatic carbocycles. The van der Waals surface area contributed by atoms with Crippen molar-refractivity contribution in [2.45, 2.75) is 46.1 Å². The summed E-state index contributed by atoms with van der Waals surface area (Å²) in [7, 11) is 0. The Hall–Kier alpha value is -2.44. The quantitative estimate of drug-likeness (QED) is 0.878. The standard InChI is InChI=1S/C20H28N6O/c1-13(2)8-17-12-25(6-7-26(17)20(27)15-4-5-15)19-14(3)9-21-18(24-19)16-10-22-23-11-16/h9-11,13,15,17H,4-8,12H2,1-3H3,(H,22,23). The van der Waals surface area contributed by atoms with E-state index in [4.69, 9.17) is 4.98 Å². The van der Waals surface area contributed by atoms with Crippen molar-refractivity contribution in [3.8, 4) is 11.4 Å². The second-order valence-electron chi connectivity index (χ2n) is 8.22. The number of carbonyl (C=O) groups is 1. The van der Waals surface area contributed by atoms with Crippen LogP contribution < -0.4 is 4.90 Å². The van der Waals surface area contributed by atoms with Gasteiger partial charge in [0.05, 0.1) is 11.8 Å². The highest BCUT2D eigenvalue weighted by molar-refractivity contribution is 5.81. The van der Waals surface area contributed by atoms with Crippen LogP contribution in [0, 0.1) is 18.8 Å². The lowest BCUT2D eigenvalue weighted by Gasteiger charge is -2.43. The van der Waals surface area contributed by atoms with Crippen molar-refractivity contribution in [3.05, 3.63) is 24.2 Å². The van der Waals surface area contributed by atoms with E-state index in [-0.39, 0.29) is 12.0 Å². The van der Waals surface area contributed by atoms with E-state index in [9.17, 15) is 4.79 Å². The lowest BCUT2D eigenvalue weighted by molar-refractivity contribution is -0.135. The fourth-order valence-corrected chi connectivity index (χ4v) is 3.91. The third-order valence-corrected chi connectivity index (χ3v) is 5.44. The molecule has 1 amide bonds. The number of rotatable bonds is 5. The van der Waals surface area contributed by atoms with Crippen LogP contribution in [0.5, 0.6) is 0 Å². The predicted octanol–water partition coefficient (Wildman–Crippen LogP) is 2.65. The van der Waals surface area contributed by atoms with Crippen molar-refractivity contribution in [2.75, 3.05) is 24.5 Å². The number of nitrogens with one attached hydrogen (secondary N) is 1.